The van der Waals surface area contributed by atoms with Gasteiger partial charge in [0.1, 0.15) is 6.54 Å². The first-order valence-corrected chi connectivity index (χ1v) is 6.42. The van der Waals surface area contributed by atoms with E-state index in [1.54, 1.807) is 6.33 Å². The summed E-state index contributed by atoms with van der Waals surface area (Å²) in [7, 11) is 0. The van der Waals surface area contributed by atoms with Gasteiger partial charge in [-0.3, -0.25) is 4.79 Å². The molecular formula is C13H22N2O2. The number of ether oxygens (including phenoxy) is 1. The van der Waals surface area contributed by atoms with Crippen molar-refractivity contribution in [3.63, 3.8) is 0 Å². The van der Waals surface area contributed by atoms with Crippen molar-refractivity contribution in [2.75, 3.05) is 6.61 Å². The average molecular weight is 238 g/mol. The molecule has 0 spiro atoms. The molecule has 96 valence electrons. The summed E-state index contributed by atoms with van der Waals surface area (Å²) < 4.78 is 6.80. The molecule has 0 atom stereocenters. The van der Waals surface area contributed by atoms with Crippen LogP contribution in [0.2, 0.25) is 0 Å². The van der Waals surface area contributed by atoms with Crippen molar-refractivity contribution < 1.29 is 9.53 Å². The van der Waals surface area contributed by atoms with Crippen LogP contribution in [0.4, 0.5) is 0 Å². The largest absolute Gasteiger partial charge is 0.465 e. The second-order valence-electron chi connectivity index (χ2n) is 4.13. The lowest BCUT2D eigenvalue weighted by Crippen LogP contribution is -2.14. The van der Waals surface area contributed by atoms with Crippen molar-refractivity contribution in [3.8, 4) is 0 Å². The Hall–Kier alpha value is -1.32. The zero-order chi connectivity index (χ0) is 12.5. The summed E-state index contributed by atoms with van der Waals surface area (Å²) in [6, 6.07) is 0. The molecule has 0 N–H and O–H groups in total. The minimum Gasteiger partial charge on any atom is -0.465 e. The molecule has 1 aromatic heterocycles. The molecule has 1 rings (SSSR count). The first-order chi connectivity index (χ1) is 8.27. The zero-order valence-corrected chi connectivity index (χ0v) is 10.8. The number of esters is 1. The van der Waals surface area contributed by atoms with Crippen molar-refractivity contribution in [3.05, 3.63) is 18.2 Å². The molecule has 0 aromatic carbocycles. The second-order valence-corrected chi connectivity index (χ2v) is 4.13. The smallest absolute Gasteiger partial charge is 0.325 e. The molecule has 0 aliphatic carbocycles. The molecule has 0 fully saturated rings. The molecule has 4 heteroatoms. The molecule has 0 amide bonds. The fraction of sp³-hybridized carbons (Fsp3) is 0.692. The summed E-state index contributed by atoms with van der Waals surface area (Å²) in [5.74, 6) is -0.194. The van der Waals surface area contributed by atoms with Gasteiger partial charge >= 0.3 is 5.97 Å². The van der Waals surface area contributed by atoms with Gasteiger partial charge in [-0.15, -0.1) is 0 Å². The number of carbonyl (C=O) groups is 1. The Morgan fingerprint density at radius 1 is 1.35 bits per heavy atom. The monoisotopic (exact) mass is 238 g/mol. The third kappa shape index (κ3) is 5.02. The highest BCUT2D eigenvalue weighted by Crippen LogP contribution is 2.08. The fourth-order valence-electron chi connectivity index (χ4n) is 1.78. The van der Waals surface area contributed by atoms with Gasteiger partial charge in [0, 0.05) is 11.9 Å². The summed E-state index contributed by atoms with van der Waals surface area (Å²) >= 11 is 0. The topological polar surface area (TPSA) is 44.1 Å². The van der Waals surface area contributed by atoms with E-state index in [-0.39, 0.29) is 12.5 Å². The minimum absolute atomic E-state index is 0.194. The van der Waals surface area contributed by atoms with Crippen molar-refractivity contribution in [2.45, 2.75) is 52.5 Å². The predicted molar refractivity (Wildman–Crippen MR) is 66.7 cm³/mol. The normalized spacial score (nSPS) is 10.5. The maximum absolute atomic E-state index is 11.4. The first kappa shape index (κ1) is 13.7. The Bertz CT molecular complexity index is 334. The van der Waals surface area contributed by atoms with Crippen LogP contribution in [-0.2, 0) is 22.5 Å². The van der Waals surface area contributed by atoms with Crippen LogP contribution in [0.5, 0.6) is 0 Å². The number of nitrogens with zero attached hydrogens (tertiary/aromatic N) is 2. The van der Waals surface area contributed by atoms with E-state index in [1.807, 2.05) is 17.7 Å². The van der Waals surface area contributed by atoms with E-state index in [9.17, 15) is 4.79 Å². The van der Waals surface area contributed by atoms with E-state index in [4.69, 9.17) is 4.74 Å². The van der Waals surface area contributed by atoms with Gasteiger partial charge in [-0.25, -0.2) is 4.98 Å². The van der Waals surface area contributed by atoms with Gasteiger partial charge in [-0.1, -0.05) is 26.2 Å². The standard InChI is InChI=1S/C13H22N2O2/c1-3-5-6-7-8-12-9-14-11-15(12)10-13(16)17-4-2/h9,11H,3-8,10H2,1-2H3. The van der Waals surface area contributed by atoms with E-state index in [0.29, 0.717) is 6.61 Å². The lowest BCUT2D eigenvalue weighted by molar-refractivity contribution is -0.143. The fourth-order valence-corrected chi connectivity index (χ4v) is 1.78. The van der Waals surface area contributed by atoms with Gasteiger partial charge in [-0.05, 0) is 19.8 Å². The molecule has 0 radical (unpaired) electrons. The van der Waals surface area contributed by atoms with E-state index in [0.717, 1.165) is 18.5 Å². The number of unbranched alkanes of at least 4 members (excludes halogenated alkanes) is 3. The van der Waals surface area contributed by atoms with Crippen LogP contribution in [-0.4, -0.2) is 22.1 Å². The average Bonchev–Trinajstić information content (AvgIpc) is 2.72. The maximum Gasteiger partial charge on any atom is 0.325 e. The van der Waals surface area contributed by atoms with Crippen molar-refractivity contribution >= 4 is 5.97 Å². The van der Waals surface area contributed by atoms with Gasteiger partial charge in [0.25, 0.3) is 0 Å². The number of aryl methyl sites for hydroxylation is 1. The van der Waals surface area contributed by atoms with E-state index >= 15 is 0 Å². The van der Waals surface area contributed by atoms with Crippen molar-refractivity contribution in [1.82, 2.24) is 9.55 Å². The number of imidazole rings is 1. The van der Waals surface area contributed by atoms with Crippen LogP contribution >= 0.6 is 0 Å². The van der Waals surface area contributed by atoms with Gasteiger partial charge < -0.3 is 9.30 Å². The molecular weight excluding hydrogens is 216 g/mol. The predicted octanol–water partition coefficient (Wildman–Crippen LogP) is 2.57. The Kier molecular flexibility index (Phi) is 6.37. The summed E-state index contributed by atoms with van der Waals surface area (Å²) in [5.41, 5.74) is 1.12. The summed E-state index contributed by atoms with van der Waals surface area (Å²) in [6.07, 6.45) is 9.42. The van der Waals surface area contributed by atoms with Gasteiger partial charge in [0.15, 0.2) is 0 Å². The molecule has 0 saturated carbocycles. The molecule has 0 aliphatic heterocycles. The van der Waals surface area contributed by atoms with Crippen LogP contribution in [0.1, 0.15) is 45.2 Å². The molecule has 1 heterocycles. The molecule has 0 unspecified atom stereocenters. The second kappa shape index (κ2) is 7.87. The van der Waals surface area contributed by atoms with Crippen molar-refractivity contribution in [2.24, 2.45) is 0 Å². The quantitative estimate of drug-likeness (QED) is 0.516. The van der Waals surface area contributed by atoms with Gasteiger partial charge in [0.2, 0.25) is 0 Å². The third-order valence-electron chi connectivity index (χ3n) is 2.69. The van der Waals surface area contributed by atoms with E-state index in [1.165, 1.54) is 19.3 Å². The van der Waals surface area contributed by atoms with Gasteiger partial charge in [-0.2, -0.15) is 0 Å². The number of hydrogen-bond donors (Lipinski definition) is 0. The van der Waals surface area contributed by atoms with Crippen molar-refractivity contribution in [1.29, 1.82) is 0 Å². The van der Waals surface area contributed by atoms with Crippen LogP contribution in [0, 0.1) is 0 Å². The summed E-state index contributed by atoms with van der Waals surface area (Å²) in [4.78, 5) is 15.5. The highest BCUT2D eigenvalue weighted by Gasteiger charge is 2.07. The highest BCUT2D eigenvalue weighted by atomic mass is 16.5. The van der Waals surface area contributed by atoms with Gasteiger partial charge in [0.05, 0.1) is 12.9 Å². The highest BCUT2D eigenvalue weighted by molar-refractivity contribution is 5.69. The minimum atomic E-state index is -0.194. The Balaban J connectivity index is 2.39. The SMILES string of the molecule is CCCCCCc1cncn1CC(=O)OCC. The summed E-state index contributed by atoms with van der Waals surface area (Å²) in [5, 5.41) is 0. The molecule has 4 nitrogen and oxygen atoms in total. The molecule has 17 heavy (non-hydrogen) atoms. The van der Waals surface area contributed by atoms with Crippen LogP contribution in [0.25, 0.3) is 0 Å². The lowest BCUT2D eigenvalue weighted by atomic mass is 10.1. The Morgan fingerprint density at radius 2 is 2.18 bits per heavy atom. The third-order valence-corrected chi connectivity index (χ3v) is 2.69. The van der Waals surface area contributed by atoms with Crippen LogP contribution in [0.15, 0.2) is 12.5 Å². The number of rotatable bonds is 8. The number of carbonyl (C=O) groups excluding carboxylic acids is 1. The maximum atomic E-state index is 11.4. The number of hydrogen-bond acceptors (Lipinski definition) is 3. The molecule has 0 bridgehead atoms. The molecule has 0 saturated heterocycles. The van der Waals surface area contributed by atoms with E-state index < -0.39 is 0 Å². The lowest BCUT2D eigenvalue weighted by Gasteiger charge is -2.07. The first-order valence-electron chi connectivity index (χ1n) is 6.42. The van der Waals surface area contributed by atoms with Crippen LogP contribution in [0.3, 0.4) is 0 Å². The summed E-state index contributed by atoms with van der Waals surface area (Å²) in [6.45, 7) is 4.72. The number of aromatic nitrogens is 2. The molecule has 1 aromatic rings. The zero-order valence-electron chi connectivity index (χ0n) is 10.8. The Morgan fingerprint density at radius 3 is 2.88 bits per heavy atom. The van der Waals surface area contributed by atoms with E-state index in [2.05, 4.69) is 11.9 Å². The molecule has 0 aliphatic rings. The van der Waals surface area contributed by atoms with Crippen LogP contribution < -0.4 is 0 Å². The Labute approximate surface area is 103 Å².